The lowest BCUT2D eigenvalue weighted by Crippen LogP contribution is -2.27. The van der Waals surface area contributed by atoms with Gasteiger partial charge in [0.1, 0.15) is 5.75 Å². The van der Waals surface area contributed by atoms with Gasteiger partial charge in [0.2, 0.25) is 0 Å². The van der Waals surface area contributed by atoms with Crippen molar-refractivity contribution in [2.45, 2.75) is 40.6 Å². The molecule has 0 N–H and O–H groups in total. The molecule has 0 radical (unpaired) electrons. The Kier molecular flexibility index (Phi) is 6.64. The number of ether oxygens (including phenoxy) is 1. The van der Waals surface area contributed by atoms with E-state index in [1.165, 1.54) is 0 Å². The fraction of sp³-hybridized carbons (Fsp3) is 0.350. The van der Waals surface area contributed by atoms with Crippen molar-refractivity contribution in [1.29, 1.82) is 0 Å². The number of hydrogen-bond acceptors (Lipinski definition) is 4. The number of amides is 1. The first-order valence-electron chi connectivity index (χ1n) is 9.19. The average Bonchev–Trinajstić information content (AvgIpc) is 3.26. The number of carbonyl (C=O) groups excluding carboxylic acids is 1. The molecule has 1 aromatic carbocycles. The predicted octanol–water partition coefficient (Wildman–Crippen LogP) is 4.44. The van der Waals surface area contributed by atoms with E-state index in [1.54, 1.807) is 47.1 Å². The van der Waals surface area contributed by atoms with Crippen LogP contribution in [0.1, 0.15) is 34.4 Å². The molecule has 0 aliphatic carbocycles. The second kappa shape index (κ2) is 9.00. The van der Waals surface area contributed by atoms with Gasteiger partial charge in [-0.1, -0.05) is 11.6 Å². The predicted molar refractivity (Wildman–Crippen MR) is 115 cm³/mol. The van der Waals surface area contributed by atoms with Crippen LogP contribution in [0.3, 0.4) is 0 Å². The lowest BCUT2D eigenvalue weighted by molar-refractivity contribution is 0.0776. The Labute approximate surface area is 183 Å². The molecule has 29 heavy (non-hydrogen) atoms. The van der Waals surface area contributed by atoms with Crippen LogP contribution >= 0.6 is 27.5 Å². The number of halogens is 2. The van der Waals surface area contributed by atoms with Gasteiger partial charge in [0, 0.05) is 42.6 Å². The third kappa shape index (κ3) is 4.82. The maximum Gasteiger partial charge on any atom is 0.274 e. The van der Waals surface area contributed by atoms with Crippen molar-refractivity contribution in [1.82, 2.24) is 24.5 Å². The Morgan fingerprint density at radius 2 is 2.03 bits per heavy atom. The Morgan fingerprint density at radius 3 is 2.69 bits per heavy atom. The maximum absolute atomic E-state index is 12.8. The van der Waals surface area contributed by atoms with Crippen LogP contribution in [0, 0.1) is 13.8 Å². The van der Waals surface area contributed by atoms with Crippen molar-refractivity contribution in [2.75, 3.05) is 7.05 Å². The van der Waals surface area contributed by atoms with Crippen molar-refractivity contribution >= 4 is 33.4 Å². The number of hydrogen-bond donors (Lipinski definition) is 0. The zero-order chi connectivity index (χ0) is 21.1. The minimum Gasteiger partial charge on any atom is -0.470 e. The summed E-state index contributed by atoms with van der Waals surface area (Å²) in [6.07, 6.45) is 1.72. The van der Waals surface area contributed by atoms with Gasteiger partial charge >= 0.3 is 0 Å². The Morgan fingerprint density at radius 1 is 1.28 bits per heavy atom. The summed E-state index contributed by atoms with van der Waals surface area (Å²) in [6, 6.07) is 6.97. The highest BCUT2D eigenvalue weighted by molar-refractivity contribution is 9.10. The van der Waals surface area contributed by atoms with Crippen LogP contribution in [0.15, 0.2) is 34.9 Å². The van der Waals surface area contributed by atoms with Crippen LogP contribution in [0.5, 0.6) is 5.75 Å². The molecule has 7 nitrogen and oxygen atoms in total. The zero-order valence-electron chi connectivity index (χ0n) is 16.8. The van der Waals surface area contributed by atoms with Gasteiger partial charge < -0.3 is 9.64 Å². The third-order valence-electron chi connectivity index (χ3n) is 4.68. The monoisotopic (exact) mass is 479 g/mol. The molecular formula is C20H23BrClN5O2. The van der Waals surface area contributed by atoms with Crippen molar-refractivity contribution in [3.63, 3.8) is 0 Å². The average molecular weight is 481 g/mol. The van der Waals surface area contributed by atoms with Gasteiger partial charge in [0.15, 0.2) is 12.4 Å². The van der Waals surface area contributed by atoms with Crippen molar-refractivity contribution < 1.29 is 9.53 Å². The highest BCUT2D eigenvalue weighted by Gasteiger charge is 2.19. The van der Waals surface area contributed by atoms with E-state index in [1.807, 2.05) is 18.5 Å². The van der Waals surface area contributed by atoms with Crippen LogP contribution in [-0.4, -0.2) is 37.4 Å². The standard InChI is InChI=1S/C20H23BrClN5O2/c1-5-27-14(3)16(13(2)23-27)11-25(4)20(28)18-8-9-26(24-18)12-29-19-7-6-15(22)10-17(19)21/h6-10H,5,11-12H2,1-4H3. The third-order valence-corrected chi connectivity index (χ3v) is 5.53. The van der Waals surface area contributed by atoms with Gasteiger partial charge in [-0.2, -0.15) is 10.2 Å². The highest BCUT2D eigenvalue weighted by atomic mass is 79.9. The quantitative estimate of drug-likeness (QED) is 0.501. The number of aryl methyl sites for hydroxylation is 2. The molecule has 2 aromatic heterocycles. The molecule has 9 heteroatoms. The van der Waals surface area contributed by atoms with E-state index in [0.29, 0.717) is 23.0 Å². The molecule has 154 valence electrons. The summed E-state index contributed by atoms with van der Waals surface area (Å²) >= 11 is 9.35. The molecule has 0 atom stereocenters. The molecule has 0 unspecified atom stereocenters. The number of nitrogens with zero attached hydrogens (tertiary/aromatic N) is 5. The molecule has 0 saturated heterocycles. The summed E-state index contributed by atoms with van der Waals surface area (Å²) in [5.74, 6) is 0.494. The number of carbonyl (C=O) groups is 1. The number of aromatic nitrogens is 4. The van der Waals surface area contributed by atoms with Gasteiger partial charge in [0.05, 0.1) is 10.2 Å². The van der Waals surface area contributed by atoms with Gasteiger partial charge in [0.25, 0.3) is 5.91 Å². The molecule has 0 aliphatic rings. The Bertz CT molecular complexity index is 1030. The normalized spacial score (nSPS) is 11.0. The van der Waals surface area contributed by atoms with Crippen LogP contribution in [0.25, 0.3) is 0 Å². The van der Waals surface area contributed by atoms with Gasteiger partial charge in [-0.3, -0.25) is 9.48 Å². The minimum atomic E-state index is -0.153. The molecule has 0 bridgehead atoms. The fourth-order valence-electron chi connectivity index (χ4n) is 3.05. The van der Waals surface area contributed by atoms with Crippen LogP contribution in [0.4, 0.5) is 0 Å². The first kappa shape index (κ1) is 21.4. The molecule has 3 aromatic rings. The first-order chi connectivity index (χ1) is 13.8. The van der Waals surface area contributed by atoms with Crippen molar-refractivity contribution in [3.05, 3.63) is 62.6 Å². The first-order valence-corrected chi connectivity index (χ1v) is 10.4. The van der Waals surface area contributed by atoms with Crippen molar-refractivity contribution in [3.8, 4) is 5.75 Å². The van der Waals surface area contributed by atoms with Gasteiger partial charge in [-0.25, -0.2) is 4.68 Å². The summed E-state index contributed by atoms with van der Waals surface area (Å²) in [5, 5.41) is 9.47. The van der Waals surface area contributed by atoms with Gasteiger partial charge in [-0.05, 0) is 61.0 Å². The largest absolute Gasteiger partial charge is 0.470 e. The molecular weight excluding hydrogens is 458 g/mol. The van der Waals surface area contributed by atoms with Crippen LogP contribution in [0.2, 0.25) is 5.02 Å². The van der Waals surface area contributed by atoms with Crippen LogP contribution < -0.4 is 4.74 Å². The lowest BCUT2D eigenvalue weighted by Gasteiger charge is -2.16. The minimum absolute atomic E-state index is 0.153. The summed E-state index contributed by atoms with van der Waals surface area (Å²) in [7, 11) is 1.77. The van der Waals surface area contributed by atoms with E-state index in [2.05, 4.69) is 33.1 Å². The lowest BCUT2D eigenvalue weighted by atomic mass is 10.2. The Balaban J connectivity index is 1.65. The SMILES string of the molecule is CCn1nc(C)c(CN(C)C(=O)c2ccn(COc3ccc(Cl)cc3Br)n2)c1C. The van der Waals surface area contributed by atoms with E-state index in [4.69, 9.17) is 16.3 Å². The zero-order valence-corrected chi connectivity index (χ0v) is 19.2. The van der Waals surface area contributed by atoms with Crippen molar-refractivity contribution in [2.24, 2.45) is 0 Å². The molecule has 0 aliphatic heterocycles. The van der Waals surface area contributed by atoms with E-state index in [9.17, 15) is 4.79 Å². The van der Waals surface area contributed by atoms with E-state index in [-0.39, 0.29) is 12.6 Å². The van der Waals surface area contributed by atoms with E-state index >= 15 is 0 Å². The second-order valence-corrected chi connectivity index (χ2v) is 8.01. The van der Waals surface area contributed by atoms with E-state index in [0.717, 1.165) is 28.0 Å². The van der Waals surface area contributed by atoms with Gasteiger partial charge in [-0.15, -0.1) is 0 Å². The number of rotatable bonds is 7. The summed E-state index contributed by atoms with van der Waals surface area (Å²) in [5.41, 5.74) is 3.45. The second-order valence-electron chi connectivity index (χ2n) is 6.71. The summed E-state index contributed by atoms with van der Waals surface area (Å²) in [4.78, 5) is 14.4. The molecule has 2 heterocycles. The topological polar surface area (TPSA) is 65.2 Å². The molecule has 0 saturated carbocycles. The molecule has 3 rings (SSSR count). The summed E-state index contributed by atoms with van der Waals surface area (Å²) in [6.45, 7) is 7.51. The summed E-state index contributed by atoms with van der Waals surface area (Å²) < 4.78 is 10.0. The Hall–Kier alpha value is -2.32. The molecule has 1 amide bonds. The smallest absolute Gasteiger partial charge is 0.274 e. The molecule has 0 fully saturated rings. The maximum atomic E-state index is 12.8. The van der Waals surface area contributed by atoms with E-state index < -0.39 is 0 Å². The fourth-order valence-corrected chi connectivity index (χ4v) is 3.85. The highest BCUT2D eigenvalue weighted by Crippen LogP contribution is 2.28. The van der Waals surface area contributed by atoms with Crippen LogP contribution in [-0.2, 0) is 19.8 Å². The number of benzene rings is 1. The molecule has 0 spiro atoms.